The van der Waals surface area contributed by atoms with Gasteiger partial charge in [0, 0.05) is 10.8 Å². The maximum atomic E-state index is 12.3. The standard InChI is InChI=1S/C12H12N6O5S2/c1-22-17-7(5-3-24-11(13)14-5)9(19)16-12-15-6(4-25-12)8(10(20)21)18-23-2/h3-4H,1-2H3,(H2,13,14)(H,20,21)(H,15,16,19)/b17-7-,18-8-. The summed E-state index contributed by atoms with van der Waals surface area (Å²) in [7, 11) is 2.50. The van der Waals surface area contributed by atoms with Crippen LogP contribution in [0, 0.1) is 0 Å². The number of carbonyl (C=O) groups is 2. The quantitative estimate of drug-likeness (QED) is 0.462. The minimum Gasteiger partial charge on any atom is -0.476 e. The molecule has 0 bridgehead atoms. The molecule has 0 aromatic carbocycles. The molecule has 0 saturated carbocycles. The number of aromatic nitrogens is 2. The molecule has 2 heterocycles. The van der Waals surface area contributed by atoms with Gasteiger partial charge in [-0.15, -0.1) is 22.7 Å². The number of thiazole rings is 2. The SMILES string of the molecule is CO/N=C(\C(=O)O)c1csc(NC(=O)/C(=N\OC)c2csc(N)n2)n1. The van der Waals surface area contributed by atoms with E-state index >= 15 is 0 Å². The van der Waals surface area contributed by atoms with Gasteiger partial charge < -0.3 is 20.5 Å². The zero-order valence-electron chi connectivity index (χ0n) is 12.9. The first kappa shape index (κ1) is 18.3. The fourth-order valence-corrected chi connectivity index (χ4v) is 2.81. The summed E-state index contributed by atoms with van der Waals surface area (Å²) in [6.45, 7) is 0. The average Bonchev–Trinajstić information content (AvgIpc) is 3.19. The largest absolute Gasteiger partial charge is 0.476 e. The molecule has 0 radical (unpaired) electrons. The molecular weight excluding hydrogens is 372 g/mol. The molecule has 0 fully saturated rings. The number of nitrogens with one attached hydrogen (secondary N) is 1. The number of aliphatic carboxylic acids is 1. The van der Waals surface area contributed by atoms with Crippen LogP contribution in [0.5, 0.6) is 0 Å². The minimum absolute atomic E-state index is 0.0396. The Morgan fingerprint density at radius 3 is 2.28 bits per heavy atom. The molecule has 0 unspecified atom stereocenters. The Hall–Kier alpha value is -3.06. The predicted octanol–water partition coefficient (Wildman–Crippen LogP) is 0.606. The molecule has 2 rings (SSSR count). The van der Waals surface area contributed by atoms with Crippen LogP contribution >= 0.6 is 22.7 Å². The number of amides is 1. The predicted molar refractivity (Wildman–Crippen MR) is 92.0 cm³/mol. The second-order valence-electron chi connectivity index (χ2n) is 4.11. The Balaban J connectivity index is 2.21. The highest BCUT2D eigenvalue weighted by Crippen LogP contribution is 2.18. The topological polar surface area (TPSA) is 161 Å². The molecule has 132 valence electrons. The molecule has 4 N–H and O–H groups in total. The second-order valence-corrected chi connectivity index (χ2v) is 5.86. The summed E-state index contributed by atoms with van der Waals surface area (Å²) >= 11 is 2.15. The summed E-state index contributed by atoms with van der Waals surface area (Å²) in [5, 5.41) is 21.9. The van der Waals surface area contributed by atoms with Crippen LogP contribution in [0.1, 0.15) is 11.4 Å². The van der Waals surface area contributed by atoms with E-state index in [1.807, 2.05) is 0 Å². The highest BCUT2D eigenvalue weighted by atomic mass is 32.1. The van der Waals surface area contributed by atoms with Gasteiger partial charge in [0.1, 0.15) is 25.6 Å². The van der Waals surface area contributed by atoms with E-state index < -0.39 is 17.6 Å². The number of carbonyl (C=O) groups excluding carboxylic acids is 1. The van der Waals surface area contributed by atoms with Crippen molar-refractivity contribution >= 4 is 56.2 Å². The molecule has 2 aromatic heterocycles. The van der Waals surface area contributed by atoms with E-state index in [1.165, 1.54) is 19.6 Å². The van der Waals surface area contributed by atoms with Crippen LogP contribution in [0.4, 0.5) is 10.3 Å². The molecule has 2 aromatic rings. The fraction of sp³-hybridized carbons (Fsp3) is 0.167. The van der Waals surface area contributed by atoms with Crippen molar-refractivity contribution in [2.45, 2.75) is 0 Å². The van der Waals surface area contributed by atoms with Crippen molar-refractivity contribution in [3.8, 4) is 0 Å². The lowest BCUT2D eigenvalue weighted by Crippen LogP contribution is -2.24. The van der Waals surface area contributed by atoms with Gasteiger partial charge in [-0.1, -0.05) is 10.3 Å². The van der Waals surface area contributed by atoms with Crippen LogP contribution in [0.25, 0.3) is 0 Å². The number of nitrogens with two attached hydrogens (primary N) is 1. The number of hydrogen-bond acceptors (Lipinski definition) is 11. The van der Waals surface area contributed by atoms with Gasteiger partial charge in [0.15, 0.2) is 16.0 Å². The van der Waals surface area contributed by atoms with Gasteiger partial charge in [0.25, 0.3) is 5.91 Å². The first-order valence-electron chi connectivity index (χ1n) is 6.40. The summed E-state index contributed by atoms with van der Waals surface area (Å²) in [6.07, 6.45) is 0. The van der Waals surface area contributed by atoms with E-state index in [2.05, 4.69) is 35.3 Å². The normalized spacial score (nSPS) is 11.9. The summed E-state index contributed by atoms with van der Waals surface area (Å²) in [5.74, 6) is -1.96. The van der Waals surface area contributed by atoms with E-state index in [0.717, 1.165) is 22.7 Å². The second kappa shape index (κ2) is 8.16. The summed E-state index contributed by atoms with van der Waals surface area (Å²) in [5.41, 5.74) is 5.34. The van der Waals surface area contributed by atoms with Crippen molar-refractivity contribution in [2.75, 3.05) is 25.3 Å². The zero-order chi connectivity index (χ0) is 18.4. The molecule has 1 amide bonds. The lowest BCUT2D eigenvalue weighted by atomic mass is 10.3. The van der Waals surface area contributed by atoms with Gasteiger partial charge in [-0.3, -0.25) is 10.1 Å². The van der Waals surface area contributed by atoms with Crippen molar-refractivity contribution in [1.82, 2.24) is 9.97 Å². The number of nitrogen functional groups attached to an aromatic ring is 1. The Kier molecular flexibility index (Phi) is 5.97. The Morgan fingerprint density at radius 2 is 1.72 bits per heavy atom. The smallest absolute Gasteiger partial charge is 0.360 e. The van der Waals surface area contributed by atoms with Gasteiger partial charge in [-0.2, -0.15) is 0 Å². The summed E-state index contributed by atoms with van der Waals surface area (Å²) < 4.78 is 0. The number of anilines is 2. The lowest BCUT2D eigenvalue weighted by Gasteiger charge is -2.02. The molecule has 0 spiro atoms. The van der Waals surface area contributed by atoms with E-state index in [9.17, 15) is 9.59 Å². The molecule has 11 nitrogen and oxygen atoms in total. The minimum atomic E-state index is -1.32. The van der Waals surface area contributed by atoms with Crippen LogP contribution < -0.4 is 11.1 Å². The highest BCUT2D eigenvalue weighted by Gasteiger charge is 2.22. The van der Waals surface area contributed by atoms with Crippen molar-refractivity contribution in [1.29, 1.82) is 0 Å². The molecule has 0 aliphatic heterocycles. The summed E-state index contributed by atoms with van der Waals surface area (Å²) in [6, 6.07) is 0. The van der Waals surface area contributed by atoms with Crippen LogP contribution in [-0.4, -0.2) is 52.6 Å². The number of carboxylic acid groups (broad SMARTS) is 1. The van der Waals surface area contributed by atoms with Crippen LogP contribution in [0.15, 0.2) is 21.1 Å². The van der Waals surface area contributed by atoms with Gasteiger partial charge in [0.2, 0.25) is 5.71 Å². The summed E-state index contributed by atoms with van der Waals surface area (Å²) in [4.78, 5) is 40.5. The third-order valence-corrected chi connectivity index (χ3v) is 3.95. The third-order valence-electron chi connectivity index (χ3n) is 2.51. The third kappa shape index (κ3) is 4.48. The molecule has 0 atom stereocenters. The lowest BCUT2D eigenvalue weighted by molar-refractivity contribution is -0.129. The fourth-order valence-electron chi connectivity index (χ4n) is 1.58. The average molecular weight is 384 g/mol. The number of hydrogen-bond donors (Lipinski definition) is 3. The maximum absolute atomic E-state index is 12.3. The highest BCUT2D eigenvalue weighted by molar-refractivity contribution is 7.14. The zero-order valence-corrected chi connectivity index (χ0v) is 14.6. The Bertz CT molecular complexity index is 843. The van der Waals surface area contributed by atoms with Crippen molar-refractivity contribution in [3.05, 3.63) is 22.1 Å². The maximum Gasteiger partial charge on any atom is 0.360 e. The van der Waals surface area contributed by atoms with E-state index in [-0.39, 0.29) is 27.4 Å². The molecule has 0 saturated heterocycles. The van der Waals surface area contributed by atoms with Crippen LogP contribution in [0.3, 0.4) is 0 Å². The van der Waals surface area contributed by atoms with Crippen molar-refractivity contribution < 1.29 is 24.4 Å². The van der Waals surface area contributed by atoms with E-state index in [1.54, 1.807) is 5.38 Å². The van der Waals surface area contributed by atoms with E-state index in [4.69, 9.17) is 10.8 Å². The van der Waals surface area contributed by atoms with E-state index in [0.29, 0.717) is 0 Å². The first-order valence-corrected chi connectivity index (χ1v) is 8.16. The molecule has 13 heteroatoms. The van der Waals surface area contributed by atoms with Crippen LogP contribution in [0.2, 0.25) is 0 Å². The molecular formula is C12H12N6O5S2. The monoisotopic (exact) mass is 384 g/mol. The van der Waals surface area contributed by atoms with Crippen molar-refractivity contribution in [3.63, 3.8) is 0 Å². The van der Waals surface area contributed by atoms with Crippen LogP contribution in [-0.2, 0) is 19.3 Å². The Labute approximate surface area is 148 Å². The van der Waals surface area contributed by atoms with Gasteiger partial charge in [-0.25, -0.2) is 14.8 Å². The Morgan fingerprint density at radius 1 is 1.12 bits per heavy atom. The molecule has 0 aliphatic rings. The van der Waals surface area contributed by atoms with Gasteiger partial charge >= 0.3 is 5.97 Å². The van der Waals surface area contributed by atoms with Gasteiger partial charge in [0.05, 0.1) is 0 Å². The van der Waals surface area contributed by atoms with Crippen molar-refractivity contribution in [2.24, 2.45) is 10.3 Å². The number of nitrogens with zero attached hydrogens (tertiary/aromatic N) is 4. The molecule has 25 heavy (non-hydrogen) atoms. The first-order chi connectivity index (χ1) is 12.0. The number of rotatable bonds is 7. The molecule has 0 aliphatic carbocycles. The number of oxime groups is 2. The number of carboxylic acids is 1. The van der Waals surface area contributed by atoms with Gasteiger partial charge in [-0.05, 0) is 0 Å².